The first kappa shape index (κ1) is 31.8. The van der Waals surface area contributed by atoms with Crippen LogP contribution >= 0.6 is 7.37 Å². The second-order valence-electron chi connectivity index (χ2n) is 12.8. The van der Waals surface area contributed by atoms with Crippen molar-refractivity contribution in [1.82, 2.24) is 0 Å². The van der Waals surface area contributed by atoms with E-state index in [9.17, 15) is 19.6 Å². The Kier molecular flexibility index (Phi) is 8.34. The Morgan fingerprint density at radius 2 is 1.63 bits per heavy atom. The number of esters is 1. The Morgan fingerprint density at radius 3 is 2.33 bits per heavy atom. The molecule has 0 bridgehead atoms. The lowest BCUT2D eigenvalue weighted by Gasteiger charge is -2.47. The van der Waals surface area contributed by atoms with Crippen LogP contribution in [0.2, 0.25) is 0 Å². The first-order valence-corrected chi connectivity index (χ1v) is 17.9. The van der Waals surface area contributed by atoms with Gasteiger partial charge in [0.15, 0.2) is 38.2 Å². The molecular formula is C32H39O13P. The number of rotatable bonds is 7. The molecule has 0 radical (unpaired) electrons. The van der Waals surface area contributed by atoms with Crippen LogP contribution in [0.4, 0.5) is 0 Å². The third kappa shape index (κ3) is 5.71. The fraction of sp³-hybridized carbons (Fsp3) is 0.594. The van der Waals surface area contributed by atoms with Crippen LogP contribution in [-0.4, -0.2) is 93.3 Å². The van der Waals surface area contributed by atoms with Crippen LogP contribution in [0.3, 0.4) is 0 Å². The summed E-state index contributed by atoms with van der Waals surface area (Å²) in [4.78, 5) is 13.5. The molecule has 7 rings (SSSR count). The van der Waals surface area contributed by atoms with Gasteiger partial charge in [0.05, 0.1) is 25.2 Å². The van der Waals surface area contributed by atoms with Crippen LogP contribution in [0.15, 0.2) is 24.3 Å². The standard InChI is InChI=1S/C32H39O13P/c1-14-6-17(7-15(2)28(14)41-13-42-46(4,5)36)24-18-8-21-22(40-12-39-21)9-19(18)29(20-10-38-31(35)25(20)24)45-32-27(34)26(33)30-23(44-32)11-37-16(3)43-30/h6-9,16,20,23-27,29-30,32-34H,10-13H2,1-5H3/t16?,20-,23+,24+,25-,26+,27+,29+,30?,32-/m0/s1. The molecule has 4 aliphatic heterocycles. The van der Waals surface area contributed by atoms with E-state index < -0.39 is 68.2 Å². The molecular weight excluding hydrogens is 623 g/mol. The molecule has 0 spiro atoms. The van der Waals surface area contributed by atoms with Crippen molar-refractivity contribution >= 4 is 13.3 Å². The summed E-state index contributed by atoms with van der Waals surface area (Å²) in [7, 11) is -2.73. The Bertz CT molecular complexity index is 1530. The molecule has 0 aromatic heterocycles. The molecule has 46 heavy (non-hydrogen) atoms. The van der Waals surface area contributed by atoms with Crippen molar-refractivity contribution in [1.29, 1.82) is 0 Å². The van der Waals surface area contributed by atoms with Gasteiger partial charge in [-0.1, -0.05) is 12.1 Å². The van der Waals surface area contributed by atoms with E-state index in [2.05, 4.69) is 0 Å². The summed E-state index contributed by atoms with van der Waals surface area (Å²) in [6.07, 6.45) is -6.69. The predicted octanol–water partition coefficient (Wildman–Crippen LogP) is 3.12. The van der Waals surface area contributed by atoms with E-state index in [1.807, 2.05) is 38.1 Å². The fourth-order valence-electron chi connectivity index (χ4n) is 7.25. The minimum Gasteiger partial charge on any atom is -0.467 e. The Labute approximate surface area is 266 Å². The largest absolute Gasteiger partial charge is 0.467 e. The van der Waals surface area contributed by atoms with Gasteiger partial charge < -0.3 is 48.1 Å². The highest BCUT2D eigenvalue weighted by atomic mass is 31.2. The van der Waals surface area contributed by atoms with Crippen molar-refractivity contribution in [2.45, 2.75) is 69.8 Å². The second-order valence-corrected chi connectivity index (χ2v) is 15.6. The van der Waals surface area contributed by atoms with Crippen molar-refractivity contribution in [3.05, 3.63) is 52.1 Å². The summed E-state index contributed by atoms with van der Waals surface area (Å²) in [6.45, 7) is 8.72. The fourth-order valence-corrected chi connectivity index (χ4v) is 7.55. The van der Waals surface area contributed by atoms with Crippen molar-refractivity contribution in [3.63, 3.8) is 0 Å². The topological polar surface area (TPSA) is 158 Å². The quantitative estimate of drug-likeness (QED) is 0.253. The number of aryl methyl sites for hydroxylation is 2. The minimum absolute atomic E-state index is 0.0518. The summed E-state index contributed by atoms with van der Waals surface area (Å²) in [6, 6.07) is 7.66. The van der Waals surface area contributed by atoms with Crippen molar-refractivity contribution in [2.75, 3.05) is 40.1 Å². The number of cyclic esters (lactones) is 1. The maximum absolute atomic E-state index is 13.5. The molecule has 2 aromatic carbocycles. The normalized spacial score (nSPS) is 34.8. The molecule has 3 fully saturated rings. The molecule has 4 heterocycles. The average Bonchev–Trinajstić information content (AvgIpc) is 3.62. The first-order valence-electron chi connectivity index (χ1n) is 15.4. The lowest BCUT2D eigenvalue weighted by molar-refractivity contribution is -0.364. The number of carbonyl (C=O) groups excluding carboxylic acids is 1. The molecule has 2 aromatic rings. The summed E-state index contributed by atoms with van der Waals surface area (Å²) in [5, 5.41) is 22.1. The van der Waals surface area contributed by atoms with Gasteiger partial charge in [-0.3, -0.25) is 13.9 Å². The highest BCUT2D eigenvalue weighted by Gasteiger charge is 2.56. The average molecular weight is 663 g/mol. The van der Waals surface area contributed by atoms with E-state index in [0.717, 1.165) is 27.8 Å². The zero-order valence-corrected chi connectivity index (χ0v) is 27.1. The molecule has 2 N–H and O–H groups in total. The molecule has 1 aliphatic carbocycles. The smallest absolute Gasteiger partial charge is 0.310 e. The van der Waals surface area contributed by atoms with Gasteiger partial charge in [0.25, 0.3) is 0 Å². The summed E-state index contributed by atoms with van der Waals surface area (Å²) in [5.74, 6) is -0.224. The lowest BCUT2D eigenvalue weighted by atomic mass is 9.66. The highest BCUT2D eigenvalue weighted by Crippen LogP contribution is 2.56. The minimum atomic E-state index is -2.73. The number of fused-ring (bicyclic) bond motifs is 4. The zero-order valence-electron chi connectivity index (χ0n) is 26.2. The molecule has 3 saturated heterocycles. The lowest BCUT2D eigenvalue weighted by Crippen LogP contribution is -2.63. The number of aliphatic hydroxyl groups excluding tert-OH is 2. The molecule has 14 heteroatoms. The van der Waals surface area contributed by atoms with E-state index in [1.54, 1.807) is 6.92 Å². The number of benzene rings is 2. The summed E-state index contributed by atoms with van der Waals surface area (Å²) >= 11 is 0. The first-order chi connectivity index (χ1) is 21.9. The number of hydrogen-bond acceptors (Lipinski definition) is 13. The summed E-state index contributed by atoms with van der Waals surface area (Å²) in [5.41, 5.74) is 4.02. The van der Waals surface area contributed by atoms with Crippen LogP contribution in [0.1, 0.15) is 46.8 Å². The van der Waals surface area contributed by atoms with Gasteiger partial charge in [-0.15, -0.1) is 0 Å². The molecule has 2 unspecified atom stereocenters. The number of aliphatic hydroxyl groups is 2. The van der Waals surface area contributed by atoms with Gasteiger partial charge in [-0.2, -0.15) is 0 Å². The molecule has 5 aliphatic rings. The van der Waals surface area contributed by atoms with Gasteiger partial charge in [0, 0.05) is 25.2 Å². The molecule has 0 amide bonds. The van der Waals surface area contributed by atoms with Gasteiger partial charge >= 0.3 is 5.97 Å². The highest BCUT2D eigenvalue weighted by molar-refractivity contribution is 7.57. The monoisotopic (exact) mass is 662 g/mol. The number of hydrogen-bond donors (Lipinski definition) is 2. The third-order valence-corrected chi connectivity index (χ3v) is 10.0. The number of ether oxygens (including phenoxy) is 8. The van der Waals surface area contributed by atoms with Crippen LogP contribution in [0, 0.1) is 25.7 Å². The van der Waals surface area contributed by atoms with Crippen molar-refractivity contribution in [3.8, 4) is 17.2 Å². The van der Waals surface area contributed by atoms with Gasteiger partial charge in [0.2, 0.25) is 6.79 Å². The second kappa shape index (κ2) is 12.1. The predicted molar refractivity (Wildman–Crippen MR) is 159 cm³/mol. The van der Waals surface area contributed by atoms with Crippen molar-refractivity contribution in [2.24, 2.45) is 11.8 Å². The van der Waals surface area contributed by atoms with E-state index in [0.29, 0.717) is 17.2 Å². The molecule has 13 nitrogen and oxygen atoms in total. The molecule has 250 valence electrons. The SMILES string of the molecule is Cc1cc([C@@H]2c3cc4c(cc3[C@@H](O[C@@H]3O[C@@H]5COC(C)OC5[C@H](O)[C@H]3O)[C@H]3COC(=O)[C@H]23)OCO4)cc(C)c1OCOP(C)(C)=O. The van der Waals surface area contributed by atoms with Gasteiger partial charge in [0.1, 0.15) is 30.2 Å². The maximum Gasteiger partial charge on any atom is 0.310 e. The van der Waals surface area contributed by atoms with E-state index in [-0.39, 0.29) is 32.8 Å². The van der Waals surface area contributed by atoms with E-state index in [1.165, 1.54) is 13.3 Å². The van der Waals surface area contributed by atoms with Crippen LogP contribution in [0.25, 0.3) is 0 Å². The molecule has 0 saturated carbocycles. The van der Waals surface area contributed by atoms with Crippen LogP contribution in [0.5, 0.6) is 17.2 Å². The van der Waals surface area contributed by atoms with Crippen LogP contribution < -0.4 is 14.2 Å². The molecule has 10 atom stereocenters. The Hall–Kier alpha value is -2.74. The Balaban J connectivity index is 1.25. The van der Waals surface area contributed by atoms with Gasteiger partial charge in [-0.05, 0) is 60.7 Å². The number of carbonyl (C=O) groups is 1. The van der Waals surface area contributed by atoms with Crippen LogP contribution in [-0.2, 0) is 37.6 Å². The zero-order chi connectivity index (χ0) is 32.5. The van der Waals surface area contributed by atoms with E-state index in [4.69, 9.17) is 42.4 Å². The Morgan fingerprint density at radius 1 is 0.935 bits per heavy atom. The maximum atomic E-state index is 13.5. The van der Waals surface area contributed by atoms with Gasteiger partial charge in [-0.25, -0.2) is 0 Å². The van der Waals surface area contributed by atoms with Crippen molar-refractivity contribution < 1.29 is 62.0 Å². The summed E-state index contributed by atoms with van der Waals surface area (Å²) < 4.78 is 64.3. The van der Waals surface area contributed by atoms with E-state index >= 15 is 0 Å². The third-order valence-electron chi connectivity index (χ3n) is 9.29.